The summed E-state index contributed by atoms with van der Waals surface area (Å²) in [4.78, 5) is 2.54. The lowest BCUT2D eigenvalue weighted by Gasteiger charge is -2.42. The number of fused-ring (bicyclic) bond motifs is 4. The molecule has 2 aliphatic rings. The Bertz CT molecular complexity index is 805. The van der Waals surface area contributed by atoms with Crippen molar-refractivity contribution in [3.8, 4) is 17.2 Å². The van der Waals surface area contributed by atoms with Gasteiger partial charge < -0.3 is 18.9 Å². The molecule has 138 valence electrons. The molecule has 26 heavy (non-hydrogen) atoms. The van der Waals surface area contributed by atoms with E-state index >= 15 is 0 Å². The highest BCUT2D eigenvalue weighted by molar-refractivity contribution is 5.53. The van der Waals surface area contributed by atoms with E-state index in [4.69, 9.17) is 18.9 Å². The van der Waals surface area contributed by atoms with Gasteiger partial charge in [-0.3, -0.25) is 4.90 Å². The summed E-state index contributed by atoms with van der Waals surface area (Å²) in [6.07, 6.45) is 2.01. The Balaban J connectivity index is 1.66. The second-order valence-corrected chi connectivity index (χ2v) is 6.79. The Morgan fingerprint density at radius 2 is 1.92 bits per heavy atom. The van der Waals surface area contributed by atoms with Crippen LogP contribution in [0.1, 0.15) is 28.3 Å². The van der Waals surface area contributed by atoms with E-state index in [1.54, 1.807) is 21.3 Å². The van der Waals surface area contributed by atoms with E-state index in [0.29, 0.717) is 6.04 Å². The fraction of sp³-hybridized carbons (Fsp3) is 0.429. The van der Waals surface area contributed by atoms with Crippen LogP contribution < -0.4 is 14.2 Å². The molecule has 0 fully saturated rings. The zero-order valence-corrected chi connectivity index (χ0v) is 15.6. The van der Waals surface area contributed by atoms with Crippen LogP contribution in [0, 0.1) is 0 Å². The summed E-state index contributed by atoms with van der Waals surface area (Å²) < 4.78 is 21.7. The zero-order valence-electron chi connectivity index (χ0n) is 15.6. The van der Waals surface area contributed by atoms with Crippen molar-refractivity contribution in [2.24, 2.45) is 0 Å². The van der Waals surface area contributed by atoms with Crippen LogP contribution in [0.15, 0.2) is 30.3 Å². The third kappa shape index (κ3) is 2.91. The van der Waals surface area contributed by atoms with Crippen LogP contribution >= 0.6 is 0 Å². The molecule has 2 heterocycles. The molecule has 0 spiro atoms. The summed E-state index contributed by atoms with van der Waals surface area (Å²) in [6, 6.07) is 11.0. The minimum absolute atomic E-state index is 0.281. The monoisotopic (exact) mass is 355 g/mol. The number of methoxy groups -OCH3 is 3. The fourth-order valence-electron chi connectivity index (χ4n) is 4.19. The van der Waals surface area contributed by atoms with Gasteiger partial charge in [-0.1, -0.05) is 12.1 Å². The number of benzene rings is 2. The van der Waals surface area contributed by atoms with E-state index < -0.39 is 0 Å². The van der Waals surface area contributed by atoms with Gasteiger partial charge in [-0.15, -0.1) is 0 Å². The summed E-state index contributed by atoms with van der Waals surface area (Å²) in [5.41, 5.74) is 5.38. The summed E-state index contributed by atoms with van der Waals surface area (Å²) in [5.74, 6) is 2.56. The van der Waals surface area contributed by atoms with E-state index in [1.807, 2.05) is 12.1 Å². The fourth-order valence-corrected chi connectivity index (χ4v) is 4.19. The molecular weight excluding hydrogens is 330 g/mol. The third-order valence-electron chi connectivity index (χ3n) is 5.45. The van der Waals surface area contributed by atoms with Crippen molar-refractivity contribution in [2.75, 3.05) is 34.7 Å². The van der Waals surface area contributed by atoms with Crippen LogP contribution in [-0.4, -0.2) is 39.6 Å². The molecular formula is C21H25NO4. The predicted octanol–water partition coefficient (Wildman–Crippen LogP) is 3.34. The Hall–Kier alpha value is -2.24. The maximum Gasteiger partial charge on any atom is 0.188 e. The molecule has 0 amide bonds. The van der Waals surface area contributed by atoms with Crippen molar-refractivity contribution in [1.82, 2.24) is 4.90 Å². The maximum absolute atomic E-state index is 5.66. The minimum Gasteiger partial charge on any atom is -0.493 e. The Labute approximate surface area is 154 Å². The quantitative estimate of drug-likeness (QED) is 0.770. The number of hydrogen-bond acceptors (Lipinski definition) is 5. The second-order valence-electron chi connectivity index (χ2n) is 6.79. The van der Waals surface area contributed by atoms with Gasteiger partial charge in [-0.2, -0.15) is 0 Å². The van der Waals surface area contributed by atoms with Gasteiger partial charge >= 0.3 is 0 Å². The molecule has 0 saturated carbocycles. The average Bonchev–Trinajstić information content (AvgIpc) is 2.69. The number of ether oxygens (including phenoxy) is 4. The molecule has 2 aromatic rings. The maximum atomic E-state index is 5.66. The number of nitrogens with zero attached hydrogens (tertiary/aromatic N) is 1. The van der Waals surface area contributed by atoms with E-state index in [2.05, 4.69) is 23.1 Å². The van der Waals surface area contributed by atoms with Gasteiger partial charge in [0, 0.05) is 31.8 Å². The molecule has 1 unspecified atom stereocenters. The highest BCUT2D eigenvalue weighted by Crippen LogP contribution is 2.44. The Kier molecular flexibility index (Phi) is 4.74. The first-order valence-corrected chi connectivity index (χ1v) is 8.96. The molecule has 0 radical (unpaired) electrons. The topological polar surface area (TPSA) is 40.2 Å². The van der Waals surface area contributed by atoms with E-state index in [0.717, 1.165) is 43.2 Å². The van der Waals surface area contributed by atoms with Crippen LogP contribution in [-0.2, 0) is 24.1 Å². The van der Waals surface area contributed by atoms with E-state index in [9.17, 15) is 0 Å². The molecule has 1 atom stereocenters. The summed E-state index contributed by atoms with van der Waals surface area (Å²) in [7, 11) is 5.05. The summed E-state index contributed by atoms with van der Waals surface area (Å²) in [5, 5.41) is 0. The molecule has 5 nitrogen and oxygen atoms in total. The lowest BCUT2D eigenvalue weighted by molar-refractivity contribution is 0.0509. The van der Waals surface area contributed by atoms with Crippen LogP contribution in [0.25, 0.3) is 0 Å². The van der Waals surface area contributed by atoms with Crippen molar-refractivity contribution in [2.45, 2.75) is 25.4 Å². The molecule has 0 saturated heterocycles. The second kappa shape index (κ2) is 7.17. The first kappa shape index (κ1) is 17.2. The zero-order chi connectivity index (χ0) is 18.1. The van der Waals surface area contributed by atoms with E-state index in [1.165, 1.54) is 22.3 Å². The SMILES string of the molecule is COCOc1ccc2c(c1)CCN1Cc3c(ccc(OC)c3OC)CC21. The van der Waals surface area contributed by atoms with Gasteiger partial charge in [-0.05, 0) is 47.7 Å². The lowest BCUT2D eigenvalue weighted by Crippen LogP contribution is -2.39. The Morgan fingerprint density at radius 3 is 2.69 bits per heavy atom. The number of hydrogen-bond donors (Lipinski definition) is 0. The smallest absolute Gasteiger partial charge is 0.188 e. The minimum atomic E-state index is 0.281. The van der Waals surface area contributed by atoms with Crippen molar-refractivity contribution in [1.29, 1.82) is 0 Å². The highest BCUT2D eigenvalue weighted by Gasteiger charge is 2.34. The Morgan fingerprint density at radius 1 is 1.04 bits per heavy atom. The molecule has 2 aromatic carbocycles. The molecule has 0 bridgehead atoms. The average molecular weight is 355 g/mol. The van der Waals surface area contributed by atoms with Crippen molar-refractivity contribution in [3.05, 3.63) is 52.6 Å². The van der Waals surface area contributed by atoms with Gasteiger partial charge in [0.1, 0.15) is 5.75 Å². The van der Waals surface area contributed by atoms with Crippen LogP contribution in [0.2, 0.25) is 0 Å². The molecule has 4 rings (SSSR count). The van der Waals surface area contributed by atoms with Gasteiger partial charge in [0.2, 0.25) is 0 Å². The highest BCUT2D eigenvalue weighted by atomic mass is 16.7. The molecule has 0 aliphatic carbocycles. The normalized spacial score (nSPS) is 18.5. The van der Waals surface area contributed by atoms with Gasteiger partial charge in [0.15, 0.2) is 18.3 Å². The summed E-state index contributed by atoms with van der Waals surface area (Å²) in [6.45, 7) is 2.20. The van der Waals surface area contributed by atoms with E-state index in [-0.39, 0.29) is 6.79 Å². The largest absolute Gasteiger partial charge is 0.493 e. The summed E-state index contributed by atoms with van der Waals surface area (Å²) >= 11 is 0. The first-order chi connectivity index (χ1) is 12.7. The molecule has 2 aliphatic heterocycles. The van der Waals surface area contributed by atoms with Crippen molar-refractivity contribution >= 4 is 0 Å². The lowest BCUT2D eigenvalue weighted by atomic mass is 9.83. The molecule has 0 aromatic heterocycles. The van der Waals surface area contributed by atoms with Crippen LogP contribution in [0.5, 0.6) is 17.2 Å². The number of rotatable bonds is 5. The standard InChI is InChI=1S/C21H25NO4/c1-23-13-26-16-5-6-17-15(10-16)8-9-22-12-18-14(11-19(17)22)4-7-20(24-2)21(18)25-3/h4-7,10,19H,8-9,11-13H2,1-3H3. The van der Waals surface area contributed by atoms with Gasteiger partial charge in [0.25, 0.3) is 0 Å². The third-order valence-corrected chi connectivity index (χ3v) is 5.45. The molecule has 5 heteroatoms. The molecule has 0 N–H and O–H groups in total. The van der Waals surface area contributed by atoms with Gasteiger partial charge in [0.05, 0.1) is 14.2 Å². The van der Waals surface area contributed by atoms with Crippen molar-refractivity contribution < 1.29 is 18.9 Å². The first-order valence-electron chi connectivity index (χ1n) is 8.96. The van der Waals surface area contributed by atoms with Crippen LogP contribution in [0.3, 0.4) is 0 Å². The van der Waals surface area contributed by atoms with Gasteiger partial charge in [-0.25, -0.2) is 0 Å². The predicted molar refractivity (Wildman–Crippen MR) is 99.1 cm³/mol. The van der Waals surface area contributed by atoms with Crippen molar-refractivity contribution in [3.63, 3.8) is 0 Å². The van der Waals surface area contributed by atoms with Crippen LogP contribution in [0.4, 0.5) is 0 Å².